The van der Waals surface area contributed by atoms with Gasteiger partial charge in [-0.2, -0.15) is 4.98 Å². The lowest BCUT2D eigenvalue weighted by Crippen LogP contribution is -2.38. The number of phenols is 1. The minimum atomic E-state index is -0.109. The molecule has 2 heterocycles. The minimum absolute atomic E-state index is 0.0687. The van der Waals surface area contributed by atoms with Gasteiger partial charge in [0.2, 0.25) is 11.9 Å². The molecule has 0 spiro atoms. The summed E-state index contributed by atoms with van der Waals surface area (Å²) in [6.07, 6.45) is 0. The van der Waals surface area contributed by atoms with Gasteiger partial charge in [0.1, 0.15) is 17.1 Å². The van der Waals surface area contributed by atoms with E-state index in [0.29, 0.717) is 22.8 Å². The first-order chi connectivity index (χ1) is 9.58. The van der Waals surface area contributed by atoms with E-state index in [1.807, 2.05) is 0 Å². The van der Waals surface area contributed by atoms with E-state index in [2.05, 4.69) is 15.3 Å². The lowest BCUT2D eigenvalue weighted by Gasteiger charge is -2.27. The molecule has 1 aliphatic rings. The molecular weight excluding hydrogens is 258 g/mol. The highest BCUT2D eigenvalue weighted by Gasteiger charge is 2.27. The number of amides is 1. The SMILES string of the molecule is CN1C(=O)CNc2nc(N)nc(-c3ccccc3O)c21. The number of anilines is 3. The first kappa shape index (κ1) is 12.2. The van der Waals surface area contributed by atoms with Crippen molar-refractivity contribution in [1.29, 1.82) is 0 Å². The lowest BCUT2D eigenvalue weighted by atomic mass is 10.1. The Balaban J connectivity index is 2.29. The normalized spacial score (nSPS) is 13.8. The largest absolute Gasteiger partial charge is 0.507 e. The summed E-state index contributed by atoms with van der Waals surface area (Å²) in [5, 5.41) is 12.9. The third-order valence-corrected chi connectivity index (χ3v) is 3.18. The second-order valence-electron chi connectivity index (χ2n) is 4.45. The van der Waals surface area contributed by atoms with Crippen molar-refractivity contribution in [2.45, 2.75) is 0 Å². The summed E-state index contributed by atoms with van der Waals surface area (Å²) in [6.45, 7) is 0.153. The maximum absolute atomic E-state index is 11.8. The number of phenolic OH excluding ortho intramolecular Hbond substituents is 1. The second kappa shape index (κ2) is 4.37. The van der Waals surface area contributed by atoms with Gasteiger partial charge >= 0.3 is 0 Å². The molecule has 3 rings (SSSR count). The third kappa shape index (κ3) is 1.80. The average Bonchev–Trinajstić information content (AvgIpc) is 2.43. The van der Waals surface area contributed by atoms with Gasteiger partial charge in [0.15, 0.2) is 5.82 Å². The van der Waals surface area contributed by atoms with Gasteiger partial charge in [-0.1, -0.05) is 12.1 Å². The number of nitrogens with two attached hydrogens (primary N) is 1. The fourth-order valence-electron chi connectivity index (χ4n) is 2.18. The van der Waals surface area contributed by atoms with Crippen LogP contribution in [0.4, 0.5) is 17.5 Å². The van der Waals surface area contributed by atoms with Crippen molar-refractivity contribution in [3.8, 4) is 17.0 Å². The number of fused-ring (bicyclic) bond motifs is 1. The minimum Gasteiger partial charge on any atom is -0.507 e. The van der Waals surface area contributed by atoms with Gasteiger partial charge in [0, 0.05) is 12.6 Å². The number of rotatable bonds is 1. The third-order valence-electron chi connectivity index (χ3n) is 3.18. The highest BCUT2D eigenvalue weighted by Crippen LogP contribution is 2.39. The summed E-state index contributed by atoms with van der Waals surface area (Å²) in [5.74, 6) is 0.525. The Morgan fingerprint density at radius 3 is 2.85 bits per heavy atom. The Morgan fingerprint density at radius 2 is 2.10 bits per heavy atom. The number of aromatic nitrogens is 2. The molecule has 1 aromatic heterocycles. The number of hydrogen-bond donors (Lipinski definition) is 3. The Kier molecular flexibility index (Phi) is 2.67. The quantitative estimate of drug-likeness (QED) is 0.709. The molecule has 102 valence electrons. The summed E-state index contributed by atoms with van der Waals surface area (Å²) >= 11 is 0. The number of nitrogen functional groups attached to an aromatic ring is 1. The van der Waals surface area contributed by atoms with Crippen LogP contribution in [0.15, 0.2) is 24.3 Å². The summed E-state index contributed by atoms with van der Waals surface area (Å²) in [5.41, 5.74) is 7.14. The molecule has 7 nitrogen and oxygen atoms in total. The van der Waals surface area contributed by atoms with E-state index in [-0.39, 0.29) is 24.1 Å². The summed E-state index contributed by atoms with van der Waals surface area (Å²) in [6, 6.07) is 6.75. The van der Waals surface area contributed by atoms with Gasteiger partial charge in [-0.05, 0) is 12.1 Å². The smallest absolute Gasteiger partial charge is 0.246 e. The lowest BCUT2D eigenvalue weighted by molar-refractivity contribution is -0.116. The molecule has 4 N–H and O–H groups in total. The Bertz CT molecular complexity index is 701. The molecule has 0 unspecified atom stereocenters. The number of likely N-dealkylation sites (N-methyl/N-ethyl adjacent to an activating group) is 1. The van der Waals surface area contributed by atoms with Gasteiger partial charge < -0.3 is 21.1 Å². The number of nitrogens with zero attached hydrogens (tertiary/aromatic N) is 3. The molecule has 1 aliphatic heterocycles. The second-order valence-corrected chi connectivity index (χ2v) is 4.45. The molecule has 0 bridgehead atoms. The summed E-state index contributed by atoms with van der Waals surface area (Å²) < 4.78 is 0. The van der Waals surface area contributed by atoms with E-state index in [1.54, 1.807) is 31.3 Å². The van der Waals surface area contributed by atoms with Crippen LogP contribution in [0, 0.1) is 0 Å². The van der Waals surface area contributed by atoms with Crippen molar-refractivity contribution in [2.24, 2.45) is 0 Å². The van der Waals surface area contributed by atoms with Crippen LogP contribution in [0.5, 0.6) is 5.75 Å². The van der Waals surface area contributed by atoms with Gasteiger partial charge in [-0.15, -0.1) is 0 Å². The zero-order valence-corrected chi connectivity index (χ0v) is 10.8. The topological polar surface area (TPSA) is 104 Å². The highest BCUT2D eigenvalue weighted by molar-refractivity contribution is 6.05. The predicted octanol–water partition coefficient (Wildman–Crippen LogP) is 0.820. The molecule has 0 saturated heterocycles. The van der Waals surface area contributed by atoms with Gasteiger partial charge in [-0.25, -0.2) is 4.98 Å². The van der Waals surface area contributed by atoms with Crippen LogP contribution < -0.4 is 16.0 Å². The molecule has 1 aromatic carbocycles. The van der Waals surface area contributed by atoms with Crippen LogP contribution in [0.2, 0.25) is 0 Å². The number of aromatic hydroxyl groups is 1. The molecule has 7 heteroatoms. The Hall–Kier alpha value is -2.83. The van der Waals surface area contributed by atoms with E-state index in [9.17, 15) is 9.90 Å². The molecular formula is C13H13N5O2. The van der Waals surface area contributed by atoms with Crippen molar-refractivity contribution in [3.05, 3.63) is 24.3 Å². The van der Waals surface area contributed by atoms with Crippen LogP contribution >= 0.6 is 0 Å². The molecule has 0 saturated carbocycles. The average molecular weight is 271 g/mol. The molecule has 2 aromatic rings. The highest BCUT2D eigenvalue weighted by atomic mass is 16.3. The van der Waals surface area contributed by atoms with Crippen molar-refractivity contribution in [1.82, 2.24) is 9.97 Å². The van der Waals surface area contributed by atoms with Crippen LogP contribution in [0.25, 0.3) is 11.3 Å². The number of para-hydroxylation sites is 1. The number of benzene rings is 1. The van der Waals surface area contributed by atoms with Crippen LogP contribution in [0.1, 0.15) is 0 Å². The maximum Gasteiger partial charge on any atom is 0.246 e. The van der Waals surface area contributed by atoms with Crippen molar-refractivity contribution < 1.29 is 9.90 Å². The van der Waals surface area contributed by atoms with Gasteiger partial charge in [0.05, 0.1) is 6.54 Å². The molecule has 0 atom stereocenters. The van der Waals surface area contributed by atoms with E-state index >= 15 is 0 Å². The first-order valence-corrected chi connectivity index (χ1v) is 6.04. The zero-order valence-electron chi connectivity index (χ0n) is 10.8. The van der Waals surface area contributed by atoms with E-state index < -0.39 is 0 Å². The van der Waals surface area contributed by atoms with E-state index in [0.717, 1.165) is 0 Å². The van der Waals surface area contributed by atoms with Crippen molar-refractivity contribution in [2.75, 3.05) is 29.5 Å². The van der Waals surface area contributed by atoms with E-state index in [4.69, 9.17) is 5.73 Å². The van der Waals surface area contributed by atoms with Crippen LogP contribution in [0.3, 0.4) is 0 Å². The number of hydrogen-bond acceptors (Lipinski definition) is 6. The van der Waals surface area contributed by atoms with Gasteiger partial charge in [-0.3, -0.25) is 4.79 Å². The van der Waals surface area contributed by atoms with E-state index in [1.165, 1.54) is 4.90 Å². The number of nitrogens with one attached hydrogen (secondary N) is 1. The number of carbonyl (C=O) groups excluding carboxylic acids is 1. The van der Waals surface area contributed by atoms with Crippen LogP contribution in [-0.2, 0) is 4.79 Å². The summed E-state index contributed by atoms with van der Waals surface area (Å²) in [4.78, 5) is 21.6. The predicted molar refractivity (Wildman–Crippen MR) is 75.4 cm³/mol. The Morgan fingerprint density at radius 1 is 1.35 bits per heavy atom. The summed E-state index contributed by atoms with van der Waals surface area (Å²) in [7, 11) is 1.64. The molecule has 1 amide bonds. The zero-order chi connectivity index (χ0) is 14.3. The molecule has 20 heavy (non-hydrogen) atoms. The fourth-order valence-corrected chi connectivity index (χ4v) is 2.18. The van der Waals surface area contributed by atoms with Gasteiger partial charge in [0.25, 0.3) is 0 Å². The maximum atomic E-state index is 11.8. The van der Waals surface area contributed by atoms with Crippen LogP contribution in [-0.4, -0.2) is 34.6 Å². The number of carbonyl (C=O) groups is 1. The van der Waals surface area contributed by atoms with Crippen molar-refractivity contribution in [3.63, 3.8) is 0 Å². The fraction of sp³-hybridized carbons (Fsp3) is 0.154. The molecule has 0 aliphatic carbocycles. The molecule has 0 fully saturated rings. The monoisotopic (exact) mass is 271 g/mol. The van der Waals surface area contributed by atoms with Crippen molar-refractivity contribution >= 4 is 23.4 Å². The molecule has 0 radical (unpaired) electrons. The first-order valence-electron chi connectivity index (χ1n) is 6.04. The Labute approximate surface area is 115 Å². The standard InChI is InChI=1S/C13H13N5O2/c1-18-9(20)6-15-12-11(18)10(16-13(14)17-12)7-4-2-3-5-8(7)19/h2-5,19H,6H2,1H3,(H3,14,15,16,17).